The van der Waals surface area contributed by atoms with E-state index in [1.54, 1.807) is 38.4 Å². The third kappa shape index (κ3) is 4.32. The van der Waals surface area contributed by atoms with E-state index in [-0.39, 0.29) is 5.91 Å². The van der Waals surface area contributed by atoms with Gasteiger partial charge in [0.25, 0.3) is 0 Å². The SMILES string of the molecule is Cc1ccc(NC(=O)C(C)(C)C(=O)NCc2ccncc2)cc1Cl. The maximum atomic E-state index is 12.5. The Morgan fingerprint density at radius 2 is 1.79 bits per heavy atom. The zero-order valence-corrected chi connectivity index (χ0v) is 14.6. The van der Waals surface area contributed by atoms with Gasteiger partial charge in [0.2, 0.25) is 11.8 Å². The topological polar surface area (TPSA) is 71.1 Å². The number of anilines is 1. The van der Waals surface area contributed by atoms with Gasteiger partial charge in [-0.05, 0) is 56.2 Å². The van der Waals surface area contributed by atoms with Gasteiger partial charge in [-0.3, -0.25) is 14.6 Å². The summed E-state index contributed by atoms with van der Waals surface area (Å²) in [5.41, 5.74) is 1.18. The molecule has 0 fully saturated rings. The highest BCUT2D eigenvalue weighted by atomic mass is 35.5. The standard InChI is InChI=1S/C18H20ClN3O2/c1-12-4-5-14(10-15(12)19)22-17(24)18(2,3)16(23)21-11-13-6-8-20-9-7-13/h4-10H,11H2,1-3H3,(H,21,23)(H,22,24). The van der Waals surface area contributed by atoms with Crippen LogP contribution in [0.25, 0.3) is 0 Å². The lowest BCUT2D eigenvalue weighted by molar-refractivity contribution is -0.138. The minimum atomic E-state index is -1.22. The Bertz CT molecular complexity index is 745. The molecule has 0 radical (unpaired) electrons. The quantitative estimate of drug-likeness (QED) is 0.816. The third-order valence-corrected chi connectivity index (χ3v) is 4.17. The van der Waals surface area contributed by atoms with Gasteiger partial charge in [-0.2, -0.15) is 0 Å². The van der Waals surface area contributed by atoms with Crippen LogP contribution in [0.5, 0.6) is 0 Å². The van der Waals surface area contributed by atoms with Crippen LogP contribution in [0, 0.1) is 12.3 Å². The molecule has 0 saturated carbocycles. The largest absolute Gasteiger partial charge is 0.351 e. The van der Waals surface area contributed by atoms with Crippen molar-refractivity contribution < 1.29 is 9.59 Å². The minimum Gasteiger partial charge on any atom is -0.351 e. The lowest BCUT2D eigenvalue weighted by Crippen LogP contribution is -2.44. The Hall–Kier alpha value is -2.40. The fraction of sp³-hybridized carbons (Fsp3) is 0.278. The number of hydrogen-bond donors (Lipinski definition) is 2. The Morgan fingerprint density at radius 3 is 2.42 bits per heavy atom. The highest BCUT2D eigenvalue weighted by Gasteiger charge is 2.35. The maximum absolute atomic E-state index is 12.5. The molecule has 1 aromatic carbocycles. The summed E-state index contributed by atoms with van der Waals surface area (Å²) in [4.78, 5) is 28.8. The van der Waals surface area contributed by atoms with E-state index in [1.165, 1.54) is 0 Å². The zero-order chi connectivity index (χ0) is 17.7. The van der Waals surface area contributed by atoms with Crippen LogP contribution < -0.4 is 10.6 Å². The monoisotopic (exact) mass is 345 g/mol. The molecule has 6 heteroatoms. The summed E-state index contributed by atoms with van der Waals surface area (Å²) >= 11 is 6.06. The molecule has 126 valence electrons. The molecule has 1 aromatic heterocycles. The zero-order valence-electron chi connectivity index (χ0n) is 13.9. The van der Waals surface area contributed by atoms with Crippen LogP contribution in [0.15, 0.2) is 42.7 Å². The molecular formula is C18H20ClN3O2. The Morgan fingerprint density at radius 1 is 1.12 bits per heavy atom. The average Bonchev–Trinajstić information content (AvgIpc) is 2.56. The number of nitrogens with one attached hydrogen (secondary N) is 2. The van der Waals surface area contributed by atoms with Gasteiger partial charge in [0.05, 0.1) is 0 Å². The molecule has 5 nitrogen and oxygen atoms in total. The van der Waals surface area contributed by atoms with Crippen LogP contribution >= 0.6 is 11.6 Å². The molecule has 2 amide bonds. The number of carbonyl (C=O) groups excluding carboxylic acids is 2. The van der Waals surface area contributed by atoms with Crippen molar-refractivity contribution in [3.8, 4) is 0 Å². The van der Waals surface area contributed by atoms with E-state index in [4.69, 9.17) is 11.6 Å². The summed E-state index contributed by atoms with van der Waals surface area (Å²) in [5.74, 6) is -0.746. The van der Waals surface area contributed by atoms with E-state index < -0.39 is 11.3 Å². The van der Waals surface area contributed by atoms with E-state index in [2.05, 4.69) is 15.6 Å². The number of pyridine rings is 1. The number of halogens is 1. The molecular weight excluding hydrogens is 326 g/mol. The van der Waals surface area contributed by atoms with Crippen molar-refractivity contribution in [3.05, 3.63) is 58.9 Å². The van der Waals surface area contributed by atoms with E-state index in [0.717, 1.165) is 11.1 Å². The molecule has 0 spiro atoms. The first-order valence-corrected chi connectivity index (χ1v) is 7.93. The maximum Gasteiger partial charge on any atom is 0.239 e. The number of benzene rings is 1. The Labute approximate surface area is 146 Å². The molecule has 0 aliphatic heterocycles. The molecule has 2 aromatic rings. The van der Waals surface area contributed by atoms with Gasteiger partial charge >= 0.3 is 0 Å². The van der Waals surface area contributed by atoms with Crippen molar-refractivity contribution in [1.82, 2.24) is 10.3 Å². The smallest absolute Gasteiger partial charge is 0.239 e. The van der Waals surface area contributed by atoms with Crippen molar-refractivity contribution in [2.45, 2.75) is 27.3 Å². The number of amides is 2. The predicted molar refractivity (Wildman–Crippen MR) is 94.7 cm³/mol. The van der Waals surface area contributed by atoms with E-state index in [1.807, 2.05) is 25.1 Å². The molecule has 0 unspecified atom stereocenters. The first kappa shape index (κ1) is 17.9. The number of hydrogen-bond acceptors (Lipinski definition) is 3. The summed E-state index contributed by atoms with van der Waals surface area (Å²) in [6, 6.07) is 8.85. The second-order valence-electron chi connectivity index (χ2n) is 6.08. The van der Waals surface area contributed by atoms with Crippen LogP contribution in [0.1, 0.15) is 25.0 Å². The Balaban J connectivity index is 2.00. The van der Waals surface area contributed by atoms with Gasteiger partial charge in [0.15, 0.2) is 0 Å². The first-order chi connectivity index (χ1) is 11.3. The normalized spacial score (nSPS) is 11.0. The molecule has 2 N–H and O–H groups in total. The molecule has 0 saturated heterocycles. The Kier molecular flexibility index (Phi) is 5.57. The summed E-state index contributed by atoms with van der Waals surface area (Å²) in [7, 11) is 0. The molecule has 2 rings (SSSR count). The molecule has 0 atom stereocenters. The van der Waals surface area contributed by atoms with Crippen LogP contribution in [-0.4, -0.2) is 16.8 Å². The van der Waals surface area contributed by atoms with Gasteiger partial charge in [-0.15, -0.1) is 0 Å². The molecule has 1 heterocycles. The lowest BCUT2D eigenvalue weighted by atomic mass is 9.90. The molecule has 0 aliphatic carbocycles. The van der Waals surface area contributed by atoms with Crippen molar-refractivity contribution in [3.63, 3.8) is 0 Å². The predicted octanol–water partition coefficient (Wildman–Crippen LogP) is 3.32. The van der Waals surface area contributed by atoms with Crippen LogP contribution in [-0.2, 0) is 16.1 Å². The summed E-state index contributed by atoms with van der Waals surface area (Å²) in [6.45, 7) is 5.39. The number of nitrogens with zero attached hydrogens (tertiary/aromatic N) is 1. The highest BCUT2D eigenvalue weighted by molar-refractivity contribution is 6.31. The van der Waals surface area contributed by atoms with Gasteiger partial charge < -0.3 is 10.6 Å². The third-order valence-electron chi connectivity index (χ3n) is 3.77. The lowest BCUT2D eigenvalue weighted by Gasteiger charge is -2.23. The van der Waals surface area contributed by atoms with Crippen molar-refractivity contribution in [2.75, 3.05) is 5.32 Å². The van der Waals surface area contributed by atoms with Crippen LogP contribution in [0.2, 0.25) is 5.02 Å². The molecule has 24 heavy (non-hydrogen) atoms. The molecule has 0 aliphatic rings. The summed E-state index contributed by atoms with van der Waals surface area (Å²) < 4.78 is 0. The van der Waals surface area contributed by atoms with Gasteiger partial charge in [0.1, 0.15) is 5.41 Å². The number of carbonyl (C=O) groups is 2. The molecule has 0 bridgehead atoms. The van der Waals surface area contributed by atoms with Crippen molar-refractivity contribution in [1.29, 1.82) is 0 Å². The van der Waals surface area contributed by atoms with E-state index in [0.29, 0.717) is 17.3 Å². The van der Waals surface area contributed by atoms with Gasteiger partial charge in [0, 0.05) is 29.6 Å². The number of aromatic nitrogens is 1. The fourth-order valence-corrected chi connectivity index (χ4v) is 2.15. The van der Waals surface area contributed by atoms with Crippen molar-refractivity contribution >= 4 is 29.1 Å². The highest BCUT2D eigenvalue weighted by Crippen LogP contribution is 2.23. The van der Waals surface area contributed by atoms with Gasteiger partial charge in [-0.25, -0.2) is 0 Å². The number of rotatable bonds is 5. The average molecular weight is 346 g/mol. The fourth-order valence-electron chi connectivity index (χ4n) is 1.97. The van der Waals surface area contributed by atoms with E-state index >= 15 is 0 Å². The minimum absolute atomic E-state index is 0.342. The van der Waals surface area contributed by atoms with Gasteiger partial charge in [-0.1, -0.05) is 17.7 Å². The number of aryl methyl sites for hydroxylation is 1. The summed E-state index contributed by atoms with van der Waals surface area (Å²) in [6.07, 6.45) is 3.31. The first-order valence-electron chi connectivity index (χ1n) is 7.55. The van der Waals surface area contributed by atoms with Crippen LogP contribution in [0.3, 0.4) is 0 Å². The van der Waals surface area contributed by atoms with E-state index in [9.17, 15) is 9.59 Å². The summed E-state index contributed by atoms with van der Waals surface area (Å²) in [5, 5.41) is 6.07. The second kappa shape index (κ2) is 7.45. The van der Waals surface area contributed by atoms with Crippen LogP contribution in [0.4, 0.5) is 5.69 Å². The second-order valence-corrected chi connectivity index (χ2v) is 6.49. The van der Waals surface area contributed by atoms with Crippen molar-refractivity contribution in [2.24, 2.45) is 5.41 Å².